The third-order valence-electron chi connectivity index (χ3n) is 4.19. The van der Waals surface area contributed by atoms with Gasteiger partial charge in [-0.2, -0.15) is 0 Å². The molecule has 22 heavy (non-hydrogen) atoms. The van der Waals surface area contributed by atoms with Gasteiger partial charge in [0.15, 0.2) is 0 Å². The fourth-order valence-corrected chi connectivity index (χ4v) is 2.18. The summed E-state index contributed by atoms with van der Waals surface area (Å²) in [5.74, 6) is -0.688. The molecular formula is C16H23BFNO3. The van der Waals surface area contributed by atoms with E-state index in [1.54, 1.807) is 0 Å². The van der Waals surface area contributed by atoms with Crippen LogP contribution in [0.4, 0.5) is 4.39 Å². The first-order valence-electron chi connectivity index (χ1n) is 7.49. The molecule has 1 aromatic carbocycles. The number of hydrogen-bond donors (Lipinski definition) is 1. The second kappa shape index (κ2) is 5.67. The molecule has 1 saturated heterocycles. The minimum Gasteiger partial charge on any atom is -0.399 e. The molecule has 0 bridgehead atoms. The SMILES string of the molecule is CC(C)NC(=O)c1ccc(F)c(B2OC(C)(C)C(C)(C)O2)c1. The molecule has 1 fully saturated rings. The zero-order valence-electron chi connectivity index (χ0n) is 14.0. The maximum Gasteiger partial charge on any atom is 0.497 e. The maximum atomic E-state index is 14.2. The van der Waals surface area contributed by atoms with E-state index in [0.717, 1.165) is 0 Å². The third-order valence-corrected chi connectivity index (χ3v) is 4.19. The first-order valence-corrected chi connectivity index (χ1v) is 7.49. The number of amides is 1. The van der Waals surface area contributed by atoms with Crippen molar-refractivity contribution < 1.29 is 18.5 Å². The van der Waals surface area contributed by atoms with Gasteiger partial charge in [-0.3, -0.25) is 4.79 Å². The van der Waals surface area contributed by atoms with Crippen LogP contribution in [0.2, 0.25) is 0 Å². The van der Waals surface area contributed by atoms with Crippen molar-refractivity contribution in [3.8, 4) is 0 Å². The fraction of sp³-hybridized carbons (Fsp3) is 0.562. The summed E-state index contributed by atoms with van der Waals surface area (Å²) in [6.07, 6.45) is 0. The number of hydrogen-bond acceptors (Lipinski definition) is 3. The van der Waals surface area contributed by atoms with Crippen molar-refractivity contribution in [3.05, 3.63) is 29.6 Å². The van der Waals surface area contributed by atoms with Crippen LogP contribution in [-0.2, 0) is 9.31 Å². The normalized spacial score (nSPS) is 19.5. The molecule has 120 valence electrons. The van der Waals surface area contributed by atoms with Crippen LogP contribution in [0.3, 0.4) is 0 Å². The van der Waals surface area contributed by atoms with Gasteiger partial charge >= 0.3 is 7.12 Å². The first-order chi connectivity index (χ1) is 10.0. The van der Waals surface area contributed by atoms with Crippen LogP contribution in [-0.4, -0.2) is 30.3 Å². The molecule has 1 heterocycles. The smallest absolute Gasteiger partial charge is 0.399 e. The van der Waals surface area contributed by atoms with E-state index in [2.05, 4.69) is 5.32 Å². The number of halogens is 1. The van der Waals surface area contributed by atoms with Crippen molar-refractivity contribution in [1.29, 1.82) is 0 Å². The standard InChI is InChI=1S/C16H23BFNO3/c1-10(2)19-14(20)11-7-8-13(18)12(9-11)17-21-15(3,4)16(5,6)22-17/h7-10H,1-6H3,(H,19,20). The van der Waals surface area contributed by atoms with Gasteiger partial charge in [0.2, 0.25) is 0 Å². The predicted molar refractivity (Wildman–Crippen MR) is 84.7 cm³/mol. The Balaban J connectivity index is 2.31. The van der Waals surface area contributed by atoms with Gasteiger partial charge in [0.1, 0.15) is 5.82 Å². The summed E-state index contributed by atoms with van der Waals surface area (Å²) in [4.78, 5) is 12.1. The van der Waals surface area contributed by atoms with E-state index < -0.39 is 24.1 Å². The first kappa shape index (κ1) is 17.0. The van der Waals surface area contributed by atoms with E-state index in [4.69, 9.17) is 9.31 Å². The molecule has 0 saturated carbocycles. The Labute approximate surface area is 131 Å². The molecule has 1 aliphatic rings. The second-order valence-electron chi connectivity index (χ2n) is 6.95. The molecule has 0 aromatic heterocycles. The van der Waals surface area contributed by atoms with Crippen LogP contribution in [0.25, 0.3) is 0 Å². The zero-order valence-corrected chi connectivity index (χ0v) is 14.0. The highest BCUT2D eigenvalue weighted by Crippen LogP contribution is 2.36. The second-order valence-corrected chi connectivity index (χ2v) is 6.95. The molecule has 4 nitrogen and oxygen atoms in total. The Morgan fingerprint density at radius 2 is 1.73 bits per heavy atom. The Morgan fingerprint density at radius 1 is 1.18 bits per heavy atom. The number of carbonyl (C=O) groups excluding carboxylic acids is 1. The minimum atomic E-state index is -0.822. The number of benzene rings is 1. The summed E-state index contributed by atoms with van der Waals surface area (Å²) in [5.41, 5.74) is -0.476. The van der Waals surface area contributed by atoms with Gasteiger partial charge < -0.3 is 14.6 Å². The fourth-order valence-electron chi connectivity index (χ4n) is 2.18. The van der Waals surface area contributed by atoms with Gasteiger partial charge in [-0.1, -0.05) is 0 Å². The van der Waals surface area contributed by atoms with Gasteiger partial charge in [0.05, 0.1) is 11.2 Å². The summed E-state index contributed by atoms with van der Waals surface area (Å²) in [7, 11) is -0.822. The lowest BCUT2D eigenvalue weighted by Gasteiger charge is -2.32. The van der Waals surface area contributed by atoms with Crippen LogP contribution in [0, 0.1) is 5.82 Å². The van der Waals surface area contributed by atoms with E-state index in [0.29, 0.717) is 5.56 Å². The number of rotatable bonds is 3. The molecule has 0 unspecified atom stereocenters. The molecule has 0 atom stereocenters. The molecular weight excluding hydrogens is 284 g/mol. The van der Waals surface area contributed by atoms with E-state index in [9.17, 15) is 9.18 Å². The summed E-state index contributed by atoms with van der Waals surface area (Å²) < 4.78 is 25.9. The lowest BCUT2D eigenvalue weighted by Crippen LogP contribution is -2.41. The molecule has 1 N–H and O–H groups in total. The molecule has 0 radical (unpaired) electrons. The van der Waals surface area contributed by atoms with E-state index in [1.165, 1.54) is 18.2 Å². The van der Waals surface area contributed by atoms with E-state index in [-0.39, 0.29) is 17.4 Å². The van der Waals surface area contributed by atoms with Gasteiger partial charge in [-0.15, -0.1) is 0 Å². The van der Waals surface area contributed by atoms with Crippen LogP contribution in [0.1, 0.15) is 51.9 Å². The Morgan fingerprint density at radius 3 is 2.23 bits per heavy atom. The van der Waals surface area contributed by atoms with Crippen molar-refractivity contribution in [2.24, 2.45) is 0 Å². The summed E-state index contributed by atoms with van der Waals surface area (Å²) in [6.45, 7) is 11.4. The van der Waals surface area contributed by atoms with Gasteiger partial charge in [0, 0.05) is 17.1 Å². The van der Waals surface area contributed by atoms with E-state index >= 15 is 0 Å². The number of carbonyl (C=O) groups is 1. The maximum absolute atomic E-state index is 14.2. The summed E-state index contributed by atoms with van der Waals surface area (Å²) in [5, 5.41) is 2.79. The monoisotopic (exact) mass is 307 g/mol. The van der Waals surface area contributed by atoms with Crippen molar-refractivity contribution >= 4 is 18.5 Å². The molecule has 6 heteroatoms. The zero-order chi connectivity index (χ0) is 16.7. The molecule has 1 aromatic rings. The van der Waals surface area contributed by atoms with Gasteiger partial charge in [-0.25, -0.2) is 4.39 Å². The van der Waals surface area contributed by atoms with Crippen molar-refractivity contribution in [2.45, 2.75) is 58.8 Å². The van der Waals surface area contributed by atoms with E-state index in [1.807, 2.05) is 41.5 Å². The Bertz CT molecular complexity index is 571. The molecule has 2 rings (SSSR count). The van der Waals surface area contributed by atoms with Crippen molar-refractivity contribution in [1.82, 2.24) is 5.32 Å². The van der Waals surface area contributed by atoms with Crippen LogP contribution >= 0.6 is 0 Å². The predicted octanol–water partition coefficient (Wildman–Crippen LogP) is 2.26. The highest BCUT2D eigenvalue weighted by atomic mass is 19.1. The van der Waals surface area contributed by atoms with Gasteiger partial charge in [-0.05, 0) is 59.7 Å². The lowest BCUT2D eigenvalue weighted by atomic mass is 9.78. The highest BCUT2D eigenvalue weighted by Gasteiger charge is 2.52. The Kier molecular flexibility index (Phi) is 4.37. The van der Waals surface area contributed by atoms with Crippen LogP contribution < -0.4 is 10.8 Å². The molecule has 1 amide bonds. The van der Waals surface area contributed by atoms with Gasteiger partial charge in [0.25, 0.3) is 5.91 Å². The van der Waals surface area contributed by atoms with Crippen molar-refractivity contribution in [3.63, 3.8) is 0 Å². The Hall–Kier alpha value is -1.40. The lowest BCUT2D eigenvalue weighted by molar-refractivity contribution is 0.00578. The van der Waals surface area contributed by atoms with Crippen LogP contribution in [0.15, 0.2) is 18.2 Å². The largest absolute Gasteiger partial charge is 0.497 e. The number of nitrogens with one attached hydrogen (secondary N) is 1. The summed E-state index contributed by atoms with van der Waals surface area (Å²) in [6, 6.07) is 4.24. The summed E-state index contributed by atoms with van der Waals surface area (Å²) >= 11 is 0. The highest BCUT2D eigenvalue weighted by molar-refractivity contribution is 6.62. The quantitative estimate of drug-likeness (QED) is 0.872. The average Bonchev–Trinajstić information content (AvgIpc) is 2.57. The van der Waals surface area contributed by atoms with Crippen LogP contribution in [0.5, 0.6) is 0 Å². The van der Waals surface area contributed by atoms with Crippen molar-refractivity contribution in [2.75, 3.05) is 0 Å². The topological polar surface area (TPSA) is 47.6 Å². The minimum absolute atomic E-state index is 0.0119. The average molecular weight is 307 g/mol. The molecule has 0 aliphatic carbocycles. The molecule has 1 aliphatic heterocycles. The third kappa shape index (κ3) is 3.18. The molecule has 0 spiro atoms.